The van der Waals surface area contributed by atoms with Crippen molar-refractivity contribution in [2.45, 2.75) is 19.9 Å². The zero-order chi connectivity index (χ0) is 13.0. The molecule has 94 valence electrons. The average Bonchev–Trinajstić information content (AvgIpc) is 2.19. The Morgan fingerprint density at radius 1 is 1.47 bits per heavy atom. The largest absolute Gasteiger partial charge is 0.381 e. The summed E-state index contributed by atoms with van der Waals surface area (Å²) in [6, 6.07) is 5.12. The maximum atomic E-state index is 10.7. The number of nitrogens with zero attached hydrogens (tertiary/aromatic N) is 2. The van der Waals surface area contributed by atoms with Crippen LogP contribution in [0.25, 0.3) is 0 Å². The predicted octanol–water partition coefficient (Wildman–Crippen LogP) is 2.27. The number of rotatable bonds is 5. The van der Waals surface area contributed by atoms with Gasteiger partial charge >= 0.3 is 0 Å². The van der Waals surface area contributed by atoms with Gasteiger partial charge in [0.15, 0.2) is 0 Å². The van der Waals surface area contributed by atoms with Crippen LogP contribution in [0, 0.1) is 17.0 Å². The summed E-state index contributed by atoms with van der Waals surface area (Å²) in [5.74, 6) is 0. The van der Waals surface area contributed by atoms with Gasteiger partial charge in [-0.1, -0.05) is 6.07 Å². The molecule has 1 atom stereocenters. The molecule has 0 aliphatic rings. The summed E-state index contributed by atoms with van der Waals surface area (Å²) in [5.41, 5.74) is 1.96. The Bertz CT molecular complexity index is 405. The number of benzene rings is 1. The molecule has 0 fully saturated rings. The molecule has 1 aromatic carbocycles. The van der Waals surface area contributed by atoms with Crippen LogP contribution in [-0.2, 0) is 0 Å². The van der Waals surface area contributed by atoms with E-state index in [1.54, 1.807) is 12.1 Å². The molecule has 0 saturated carbocycles. The fourth-order valence-electron chi connectivity index (χ4n) is 1.74. The highest BCUT2D eigenvalue weighted by molar-refractivity contribution is 5.57. The molecule has 1 aromatic rings. The van der Waals surface area contributed by atoms with Crippen molar-refractivity contribution < 1.29 is 4.92 Å². The van der Waals surface area contributed by atoms with Gasteiger partial charge in [0.05, 0.1) is 4.92 Å². The van der Waals surface area contributed by atoms with Gasteiger partial charge in [-0.05, 0) is 33.5 Å². The summed E-state index contributed by atoms with van der Waals surface area (Å²) < 4.78 is 0. The van der Waals surface area contributed by atoms with Crippen LogP contribution in [0.2, 0.25) is 0 Å². The molecule has 1 N–H and O–H groups in total. The first-order valence-corrected chi connectivity index (χ1v) is 5.56. The van der Waals surface area contributed by atoms with E-state index in [0.717, 1.165) is 17.8 Å². The zero-order valence-corrected chi connectivity index (χ0v) is 10.7. The Morgan fingerprint density at radius 2 is 2.12 bits per heavy atom. The molecule has 0 radical (unpaired) electrons. The predicted molar refractivity (Wildman–Crippen MR) is 69.5 cm³/mol. The second-order valence-electron chi connectivity index (χ2n) is 4.56. The summed E-state index contributed by atoms with van der Waals surface area (Å²) in [4.78, 5) is 12.4. The van der Waals surface area contributed by atoms with Gasteiger partial charge in [-0.2, -0.15) is 0 Å². The number of non-ortho nitro benzene ring substituents is 1. The minimum atomic E-state index is -0.374. The van der Waals surface area contributed by atoms with Gasteiger partial charge in [0.2, 0.25) is 0 Å². The van der Waals surface area contributed by atoms with E-state index in [1.165, 1.54) is 6.07 Å². The number of hydrogen-bond donors (Lipinski definition) is 1. The Hall–Kier alpha value is -1.62. The number of nitro groups is 1. The summed E-state index contributed by atoms with van der Waals surface area (Å²) >= 11 is 0. The number of nitro benzene ring substituents is 1. The molecule has 0 aliphatic carbocycles. The molecule has 0 spiro atoms. The average molecular weight is 237 g/mol. The smallest absolute Gasteiger partial charge is 0.271 e. The minimum absolute atomic E-state index is 0.121. The van der Waals surface area contributed by atoms with Crippen LogP contribution >= 0.6 is 0 Å². The first-order chi connectivity index (χ1) is 7.90. The fraction of sp³-hybridized carbons (Fsp3) is 0.500. The maximum Gasteiger partial charge on any atom is 0.271 e. The monoisotopic (exact) mass is 237 g/mol. The molecule has 1 rings (SSSR count). The van der Waals surface area contributed by atoms with Crippen LogP contribution < -0.4 is 5.32 Å². The molecular formula is C12H19N3O2. The van der Waals surface area contributed by atoms with E-state index in [0.29, 0.717) is 0 Å². The van der Waals surface area contributed by atoms with Crippen LogP contribution in [0.5, 0.6) is 0 Å². The third-order valence-electron chi connectivity index (χ3n) is 2.47. The molecule has 0 heterocycles. The van der Waals surface area contributed by atoms with Gasteiger partial charge in [-0.25, -0.2) is 0 Å². The molecule has 0 saturated heterocycles. The lowest BCUT2D eigenvalue weighted by atomic mass is 10.1. The molecule has 0 bridgehead atoms. The SMILES string of the molecule is Cc1ccc([N+](=O)[O-])cc1NC(C)CN(C)C. The molecule has 0 aromatic heterocycles. The van der Waals surface area contributed by atoms with Crippen LogP contribution in [0.4, 0.5) is 11.4 Å². The molecule has 5 heteroatoms. The van der Waals surface area contributed by atoms with Crippen molar-refractivity contribution in [1.29, 1.82) is 0 Å². The third-order valence-corrected chi connectivity index (χ3v) is 2.47. The zero-order valence-electron chi connectivity index (χ0n) is 10.7. The summed E-state index contributed by atoms with van der Waals surface area (Å²) in [7, 11) is 4.00. The lowest BCUT2D eigenvalue weighted by molar-refractivity contribution is -0.384. The number of likely N-dealkylation sites (N-methyl/N-ethyl adjacent to an activating group) is 1. The Labute approximate surface area is 102 Å². The summed E-state index contributed by atoms with van der Waals surface area (Å²) in [5, 5.41) is 14.0. The second kappa shape index (κ2) is 5.63. The topological polar surface area (TPSA) is 58.4 Å². The summed E-state index contributed by atoms with van der Waals surface area (Å²) in [6.07, 6.45) is 0. The van der Waals surface area contributed by atoms with Crippen LogP contribution in [0.15, 0.2) is 18.2 Å². The molecule has 0 amide bonds. The lowest BCUT2D eigenvalue weighted by Gasteiger charge is -2.20. The van der Waals surface area contributed by atoms with E-state index in [9.17, 15) is 10.1 Å². The van der Waals surface area contributed by atoms with Gasteiger partial charge in [0, 0.05) is 30.4 Å². The molecule has 5 nitrogen and oxygen atoms in total. The van der Waals surface area contributed by atoms with Crippen LogP contribution in [0.3, 0.4) is 0 Å². The van der Waals surface area contributed by atoms with Crippen LogP contribution in [-0.4, -0.2) is 36.5 Å². The van der Waals surface area contributed by atoms with Gasteiger partial charge < -0.3 is 10.2 Å². The van der Waals surface area contributed by atoms with Crippen molar-refractivity contribution in [3.63, 3.8) is 0 Å². The fourth-order valence-corrected chi connectivity index (χ4v) is 1.74. The van der Waals surface area contributed by atoms with Gasteiger partial charge in [-0.15, -0.1) is 0 Å². The Morgan fingerprint density at radius 3 is 2.65 bits per heavy atom. The molecule has 0 aliphatic heterocycles. The second-order valence-corrected chi connectivity index (χ2v) is 4.56. The standard InChI is InChI=1S/C12H19N3O2/c1-9-5-6-11(15(16)17)7-12(9)13-10(2)8-14(3)4/h5-7,10,13H,8H2,1-4H3. The highest BCUT2D eigenvalue weighted by atomic mass is 16.6. The normalized spacial score (nSPS) is 12.5. The quantitative estimate of drug-likeness (QED) is 0.630. The van der Waals surface area contributed by atoms with Gasteiger partial charge in [0.25, 0.3) is 5.69 Å². The van der Waals surface area contributed by atoms with Crippen molar-refractivity contribution in [2.24, 2.45) is 0 Å². The van der Waals surface area contributed by atoms with Crippen molar-refractivity contribution in [3.8, 4) is 0 Å². The van der Waals surface area contributed by atoms with Crippen molar-refractivity contribution >= 4 is 11.4 Å². The van der Waals surface area contributed by atoms with E-state index >= 15 is 0 Å². The number of anilines is 1. The summed E-state index contributed by atoms with van der Waals surface area (Å²) in [6.45, 7) is 4.87. The first-order valence-electron chi connectivity index (χ1n) is 5.56. The highest BCUT2D eigenvalue weighted by Gasteiger charge is 2.10. The number of nitrogens with one attached hydrogen (secondary N) is 1. The lowest BCUT2D eigenvalue weighted by Crippen LogP contribution is -2.29. The van der Waals surface area contributed by atoms with E-state index < -0.39 is 0 Å². The molecule has 1 unspecified atom stereocenters. The Kier molecular flexibility index (Phi) is 4.45. The van der Waals surface area contributed by atoms with E-state index in [1.807, 2.05) is 21.0 Å². The Balaban J connectivity index is 2.82. The highest BCUT2D eigenvalue weighted by Crippen LogP contribution is 2.22. The maximum absolute atomic E-state index is 10.7. The first kappa shape index (κ1) is 13.4. The van der Waals surface area contributed by atoms with Crippen molar-refractivity contribution in [2.75, 3.05) is 26.0 Å². The van der Waals surface area contributed by atoms with Gasteiger partial charge in [0.1, 0.15) is 0 Å². The number of aryl methyl sites for hydroxylation is 1. The van der Waals surface area contributed by atoms with E-state index in [-0.39, 0.29) is 16.7 Å². The van der Waals surface area contributed by atoms with E-state index in [4.69, 9.17) is 0 Å². The van der Waals surface area contributed by atoms with Crippen molar-refractivity contribution in [1.82, 2.24) is 4.90 Å². The van der Waals surface area contributed by atoms with Crippen LogP contribution in [0.1, 0.15) is 12.5 Å². The number of hydrogen-bond acceptors (Lipinski definition) is 4. The molecular weight excluding hydrogens is 218 g/mol. The minimum Gasteiger partial charge on any atom is -0.381 e. The van der Waals surface area contributed by atoms with Crippen molar-refractivity contribution in [3.05, 3.63) is 33.9 Å². The van der Waals surface area contributed by atoms with Gasteiger partial charge in [-0.3, -0.25) is 10.1 Å². The molecule has 17 heavy (non-hydrogen) atoms. The van der Waals surface area contributed by atoms with E-state index in [2.05, 4.69) is 17.1 Å². The third kappa shape index (κ3) is 4.03.